The maximum absolute atomic E-state index is 11.4. The van der Waals surface area contributed by atoms with Crippen molar-refractivity contribution in [2.24, 2.45) is 0 Å². The molecule has 6 nitrogen and oxygen atoms in total. The lowest BCUT2D eigenvalue weighted by Gasteiger charge is -2.22. The minimum atomic E-state index is -0.773. The summed E-state index contributed by atoms with van der Waals surface area (Å²) in [6.07, 6.45) is -0.520. The van der Waals surface area contributed by atoms with Gasteiger partial charge >= 0.3 is 6.09 Å². The van der Waals surface area contributed by atoms with Gasteiger partial charge in [0.25, 0.3) is 0 Å². The Kier molecular flexibility index (Phi) is 5.81. The fourth-order valence-electron chi connectivity index (χ4n) is 1.02. The van der Waals surface area contributed by atoms with E-state index in [2.05, 4.69) is 10.6 Å². The van der Waals surface area contributed by atoms with Crippen LogP contribution >= 0.6 is 0 Å². The molecule has 0 aliphatic carbocycles. The quantitative estimate of drug-likeness (QED) is 0.637. The first kappa shape index (κ1) is 14.7. The number of carbonyl (C=O) groups excluding carboxylic acids is 2. The van der Waals surface area contributed by atoms with Crippen molar-refractivity contribution >= 4 is 12.0 Å². The Hall–Kier alpha value is -1.30. The molecular formula is C10H20N2O4. The predicted molar refractivity (Wildman–Crippen MR) is 58.9 cm³/mol. The van der Waals surface area contributed by atoms with Crippen LogP contribution in [-0.2, 0) is 9.53 Å². The Labute approximate surface area is 95.4 Å². The molecular weight excluding hydrogens is 212 g/mol. The SMILES string of the molecule is CNC(=O)C(CCO)NC(=O)OC(C)(C)C. The van der Waals surface area contributed by atoms with Gasteiger partial charge in [-0.1, -0.05) is 0 Å². The fourth-order valence-corrected chi connectivity index (χ4v) is 1.02. The van der Waals surface area contributed by atoms with Crippen molar-refractivity contribution in [1.82, 2.24) is 10.6 Å². The maximum atomic E-state index is 11.4. The number of carbonyl (C=O) groups is 2. The molecule has 0 rings (SSSR count). The molecule has 0 radical (unpaired) electrons. The number of aliphatic hydroxyl groups is 1. The molecule has 0 saturated carbocycles. The van der Waals surface area contributed by atoms with Gasteiger partial charge in [0.05, 0.1) is 0 Å². The number of hydrogen-bond donors (Lipinski definition) is 3. The van der Waals surface area contributed by atoms with E-state index in [-0.39, 0.29) is 18.9 Å². The Morgan fingerprint density at radius 3 is 2.31 bits per heavy atom. The summed E-state index contributed by atoms with van der Waals surface area (Å²) in [5.41, 5.74) is -0.615. The first-order valence-electron chi connectivity index (χ1n) is 5.12. The molecule has 0 fully saturated rings. The van der Waals surface area contributed by atoms with Crippen molar-refractivity contribution in [3.8, 4) is 0 Å². The molecule has 0 aliphatic heterocycles. The second-order valence-electron chi connectivity index (χ2n) is 4.33. The molecule has 0 bridgehead atoms. The lowest BCUT2D eigenvalue weighted by molar-refractivity contribution is -0.123. The number of aliphatic hydroxyl groups excluding tert-OH is 1. The number of alkyl carbamates (subject to hydrolysis) is 1. The Balaban J connectivity index is 4.29. The number of amides is 2. The van der Waals surface area contributed by atoms with Gasteiger partial charge in [-0.3, -0.25) is 4.79 Å². The molecule has 0 spiro atoms. The van der Waals surface area contributed by atoms with Crippen molar-refractivity contribution in [3.63, 3.8) is 0 Å². The van der Waals surface area contributed by atoms with Crippen molar-refractivity contribution in [3.05, 3.63) is 0 Å². The molecule has 1 atom stereocenters. The first-order valence-corrected chi connectivity index (χ1v) is 5.12. The van der Waals surface area contributed by atoms with Gasteiger partial charge < -0.3 is 20.5 Å². The van der Waals surface area contributed by atoms with Crippen LogP contribution in [0.1, 0.15) is 27.2 Å². The molecule has 6 heteroatoms. The summed E-state index contributed by atoms with van der Waals surface area (Å²) in [6.45, 7) is 5.00. The van der Waals surface area contributed by atoms with Crippen LogP contribution in [0.4, 0.5) is 4.79 Å². The molecule has 1 unspecified atom stereocenters. The van der Waals surface area contributed by atoms with E-state index in [4.69, 9.17) is 9.84 Å². The molecule has 0 heterocycles. The monoisotopic (exact) mass is 232 g/mol. The molecule has 94 valence electrons. The first-order chi connectivity index (χ1) is 7.30. The third kappa shape index (κ3) is 6.23. The summed E-state index contributed by atoms with van der Waals surface area (Å²) >= 11 is 0. The van der Waals surface area contributed by atoms with Crippen molar-refractivity contribution in [1.29, 1.82) is 0 Å². The van der Waals surface area contributed by atoms with Crippen LogP contribution < -0.4 is 10.6 Å². The van der Waals surface area contributed by atoms with Gasteiger partial charge in [0, 0.05) is 13.7 Å². The van der Waals surface area contributed by atoms with Crippen molar-refractivity contribution in [2.45, 2.75) is 38.8 Å². The zero-order chi connectivity index (χ0) is 12.8. The van der Waals surface area contributed by atoms with Crippen molar-refractivity contribution in [2.75, 3.05) is 13.7 Å². The smallest absolute Gasteiger partial charge is 0.408 e. The highest BCUT2D eigenvalue weighted by Gasteiger charge is 2.22. The average molecular weight is 232 g/mol. The molecule has 0 aromatic carbocycles. The standard InChI is InChI=1S/C10H20N2O4/c1-10(2,3)16-9(15)12-7(5-6-13)8(14)11-4/h7,13H,5-6H2,1-4H3,(H,11,14)(H,12,15). The van der Waals surface area contributed by atoms with E-state index >= 15 is 0 Å². The molecule has 0 saturated heterocycles. The van der Waals surface area contributed by atoms with E-state index < -0.39 is 17.7 Å². The average Bonchev–Trinajstić information content (AvgIpc) is 2.13. The molecule has 0 aromatic heterocycles. The summed E-state index contributed by atoms with van der Waals surface area (Å²) < 4.78 is 5.00. The largest absolute Gasteiger partial charge is 0.444 e. The van der Waals surface area contributed by atoms with Crippen LogP contribution in [0.5, 0.6) is 0 Å². The second kappa shape index (κ2) is 6.32. The maximum Gasteiger partial charge on any atom is 0.408 e. The highest BCUT2D eigenvalue weighted by atomic mass is 16.6. The summed E-state index contributed by atoms with van der Waals surface area (Å²) in [5, 5.41) is 13.5. The van der Waals surface area contributed by atoms with Gasteiger partial charge in [-0.15, -0.1) is 0 Å². The third-order valence-corrected chi connectivity index (χ3v) is 1.67. The van der Waals surface area contributed by atoms with Crippen LogP contribution in [0.2, 0.25) is 0 Å². The molecule has 16 heavy (non-hydrogen) atoms. The predicted octanol–water partition coefficient (Wildman–Crippen LogP) is 0.00810. The summed E-state index contributed by atoms with van der Waals surface area (Å²) in [5.74, 6) is -0.361. The zero-order valence-electron chi connectivity index (χ0n) is 10.2. The molecule has 0 aliphatic rings. The zero-order valence-corrected chi connectivity index (χ0v) is 10.2. The number of hydrogen-bond acceptors (Lipinski definition) is 4. The van der Waals surface area contributed by atoms with Crippen LogP contribution in [0.25, 0.3) is 0 Å². The van der Waals surface area contributed by atoms with E-state index in [9.17, 15) is 9.59 Å². The highest BCUT2D eigenvalue weighted by molar-refractivity contribution is 5.85. The minimum absolute atomic E-state index is 0.152. The van der Waals surface area contributed by atoms with Gasteiger partial charge in [0.1, 0.15) is 11.6 Å². The van der Waals surface area contributed by atoms with Gasteiger partial charge in [0.15, 0.2) is 0 Å². The van der Waals surface area contributed by atoms with Crippen LogP contribution in [0.3, 0.4) is 0 Å². The van der Waals surface area contributed by atoms with E-state index in [0.29, 0.717) is 0 Å². The Morgan fingerprint density at radius 1 is 1.38 bits per heavy atom. The Bertz CT molecular complexity index is 248. The van der Waals surface area contributed by atoms with Gasteiger partial charge in [-0.2, -0.15) is 0 Å². The van der Waals surface area contributed by atoms with E-state index in [1.807, 2.05) is 0 Å². The van der Waals surface area contributed by atoms with Crippen LogP contribution in [0, 0.1) is 0 Å². The normalized spacial score (nSPS) is 12.8. The highest BCUT2D eigenvalue weighted by Crippen LogP contribution is 2.07. The third-order valence-electron chi connectivity index (χ3n) is 1.67. The van der Waals surface area contributed by atoms with E-state index in [0.717, 1.165) is 0 Å². The lowest BCUT2D eigenvalue weighted by Crippen LogP contribution is -2.47. The molecule has 0 aromatic rings. The Morgan fingerprint density at radius 2 is 1.94 bits per heavy atom. The van der Waals surface area contributed by atoms with Crippen LogP contribution in [-0.4, -0.2) is 42.4 Å². The topological polar surface area (TPSA) is 87.7 Å². The van der Waals surface area contributed by atoms with Gasteiger partial charge in [-0.05, 0) is 27.2 Å². The number of rotatable bonds is 4. The fraction of sp³-hybridized carbons (Fsp3) is 0.800. The van der Waals surface area contributed by atoms with E-state index in [1.54, 1.807) is 20.8 Å². The minimum Gasteiger partial charge on any atom is -0.444 e. The molecule has 3 N–H and O–H groups in total. The lowest BCUT2D eigenvalue weighted by atomic mass is 10.2. The summed E-state index contributed by atoms with van der Waals surface area (Å²) in [6, 6.07) is -0.773. The number of nitrogens with one attached hydrogen (secondary N) is 2. The second-order valence-corrected chi connectivity index (χ2v) is 4.33. The number of ether oxygens (including phenoxy) is 1. The molecule has 2 amide bonds. The number of likely N-dealkylation sites (N-methyl/N-ethyl adjacent to an activating group) is 1. The van der Waals surface area contributed by atoms with Gasteiger partial charge in [0.2, 0.25) is 5.91 Å². The van der Waals surface area contributed by atoms with Gasteiger partial charge in [-0.25, -0.2) is 4.79 Å². The van der Waals surface area contributed by atoms with Crippen LogP contribution in [0.15, 0.2) is 0 Å². The summed E-state index contributed by atoms with van der Waals surface area (Å²) in [4.78, 5) is 22.7. The van der Waals surface area contributed by atoms with E-state index in [1.165, 1.54) is 7.05 Å². The summed E-state index contributed by atoms with van der Waals surface area (Å²) in [7, 11) is 1.46. The van der Waals surface area contributed by atoms with Crippen molar-refractivity contribution < 1.29 is 19.4 Å².